The fourth-order valence-corrected chi connectivity index (χ4v) is 2.35. The SMILES string of the molecule is CC1(CNc2nc(Cl)nc3nc[nH]c23)CCC1. The standard InChI is InChI=1S/C11H14ClN5/c1-11(3-2-4-11)5-13-8-7-9(15-6-14-7)17-10(12)16-8/h6H,2-5H2,1H3,(H2,13,14,15,16,17). The summed E-state index contributed by atoms with van der Waals surface area (Å²) < 4.78 is 0. The second kappa shape index (κ2) is 3.84. The van der Waals surface area contributed by atoms with Crippen molar-refractivity contribution in [2.24, 2.45) is 5.41 Å². The van der Waals surface area contributed by atoms with Crippen LogP contribution in [-0.4, -0.2) is 26.5 Å². The molecule has 2 heterocycles. The molecule has 0 aliphatic heterocycles. The smallest absolute Gasteiger partial charge is 0.226 e. The Hall–Kier alpha value is -1.36. The van der Waals surface area contributed by atoms with Gasteiger partial charge in [-0.15, -0.1) is 0 Å². The summed E-state index contributed by atoms with van der Waals surface area (Å²) in [7, 11) is 0. The van der Waals surface area contributed by atoms with E-state index in [4.69, 9.17) is 11.6 Å². The molecule has 2 aromatic heterocycles. The van der Waals surface area contributed by atoms with Crippen LogP contribution in [-0.2, 0) is 0 Å². The first-order valence-corrected chi connectivity index (χ1v) is 6.15. The Bertz CT molecular complexity index is 546. The minimum absolute atomic E-state index is 0.228. The second-order valence-electron chi connectivity index (χ2n) is 4.96. The number of nitrogens with one attached hydrogen (secondary N) is 2. The van der Waals surface area contributed by atoms with Crippen molar-refractivity contribution in [3.8, 4) is 0 Å². The van der Waals surface area contributed by atoms with Crippen LogP contribution in [0.4, 0.5) is 5.82 Å². The van der Waals surface area contributed by atoms with Crippen LogP contribution in [0.2, 0.25) is 5.28 Å². The molecule has 6 heteroatoms. The van der Waals surface area contributed by atoms with Gasteiger partial charge < -0.3 is 10.3 Å². The van der Waals surface area contributed by atoms with Gasteiger partial charge in [0.25, 0.3) is 0 Å². The number of nitrogens with zero attached hydrogens (tertiary/aromatic N) is 3. The van der Waals surface area contributed by atoms with E-state index >= 15 is 0 Å². The number of anilines is 1. The lowest BCUT2D eigenvalue weighted by atomic mass is 9.70. The van der Waals surface area contributed by atoms with Crippen molar-refractivity contribution in [1.82, 2.24) is 19.9 Å². The van der Waals surface area contributed by atoms with Crippen LogP contribution in [0.1, 0.15) is 26.2 Å². The van der Waals surface area contributed by atoms with E-state index in [-0.39, 0.29) is 5.28 Å². The van der Waals surface area contributed by atoms with E-state index in [1.165, 1.54) is 19.3 Å². The molecule has 0 atom stereocenters. The van der Waals surface area contributed by atoms with Gasteiger partial charge in [0.1, 0.15) is 5.52 Å². The van der Waals surface area contributed by atoms with Crippen molar-refractivity contribution in [3.63, 3.8) is 0 Å². The summed E-state index contributed by atoms with van der Waals surface area (Å²) in [5.41, 5.74) is 1.81. The lowest BCUT2D eigenvalue weighted by Crippen LogP contribution is -2.33. The Kier molecular flexibility index (Phi) is 2.43. The quantitative estimate of drug-likeness (QED) is 0.823. The van der Waals surface area contributed by atoms with Gasteiger partial charge in [0.2, 0.25) is 5.28 Å². The van der Waals surface area contributed by atoms with Crippen LogP contribution in [0.5, 0.6) is 0 Å². The predicted molar refractivity (Wildman–Crippen MR) is 67.1 cm³/mol. The minimum atomic E-state index is 0.228. The van der Waals surface area contributed by atoms with Crippen molar-refractivity contribution in [2.45, 2.75) is 26.2 Å². The maximum atomic E-state index is 5.86. The average molecular weight is 252 g/mol. The molecule has 90 valence electrons. The van der Waals surface area contributed by atoms with Crippen LogP contribution in [0.15, 0.2) is 6.33 Å². The van der Waals surface area contributed by atoms with Gasteiger partial charge in [-0.05, 0) is 29.9 Å². The highest BCUT2D eigenvalue weighted by Crippen LogP contribution is 2.40. The molecular formula is C11H14ClN5. The van der Waals surface area contributed by atoms with Gasteiger partial charge in [0.15, 0.2) is 11.5 Å². The molecule has 1 aliphatic rings. The molecule has 3 rings (SSSR count). The predicted octanol–water partition coefficient (Wildman–Crippen LogP) is 2.61. The van der Waals surface area contributed by atoms with Crippen molar-refractivity contribution in [3.05, 3.63) is 11.6 Å². The number of halogens is 1. The first-order chi connectivity index (χ1) is 8.16. The highest BCUT2D eigenvalue weighted by atomic mass is 35.5. The van der Waals surface area contributed by atoms with Gasteiger partial charge in [0, 0.05) is 6.54 Å². The van der Waals surface area contributed by atoms with Crippen LogP contribution in [0, 0.1) is 5.41 Å². The summed E-state index contributed by atoms with van der Waals surface area (Å²) >= 11 is 5.86. The van der Waals surface area contributed by atoms with E-state index in [0.717, 1.165) is 17.9 Å². The molecule has 5 nitrogen and oxygen atoms in total. The van der Waals surface area contributed by atoms with Crippen LogP contribution in [0.3, 0.4) is 0 Å². The fourth-order valence-electron chi connectivity index (χ4n) is 2.19. The summed E-state index contributed by atoms with van der Waals surface area (Å²) in [4.78, 5) is 15.4. The summed E-state index contributed by atoms with van der Waals surface area (Å²) in [5, 5.41) is 3.58. The summed E-state index contributed by atoms with van der Waals surface area (Å²) in [6, 6.07) is 0. The monoisotopic (exact) mass is 251 g/mol. The molecule has 0 bridgehead atoms. The van der Waals surface area contributed by atoms with E-state index < -0.39 is 0 Å². The van der Waals surface area contributed by atoms with E-state index in [1.54, 1.807) is 6.33 Å². The minimum Gasteiger partial charge on any atom is -0.368 e. The summed E-state index contributed by atoms with van der Waals surface area (Å²) in [6.45, 7) is 3.20. The molecule has 0 amide bonds. The van der Waals surface area contributed by atoms with Crippen LogP contribution < -0.4 is 5.32 Å². The molecule has 2 aromatic rings. The molecule has 2 N–H and O–H groups in total. The third-order valence-electron chi connectivity index (χ3n) is 3.50. The maximum Gasteiger partial charge on any atom is 0.226 e. The molecule has 1 aliphatic carbocycles. The van der Waals surface area contributed by atoms with Gasteiger partial charge in [0.05, 0.1) is 6.33 Å². The third-order valence-corrected chi connectivity index (χ3v) is 3.67. The molecule has 0 radical (unpaired) electrons. The summed E-state index contributed by atoms with van der Waals surface area (Å²) in [6.07, 6.45) is 5.46. The summed E-state index contributed by atoms with van der Waals surface area (Å²) in [5.74, 6) is 0.741. The van der Waals surface area contributed by atoms with Crippen LogP contribution in [0.25, 0.3) is 11.2 Å². The first kappa shape index (κ1) is 10.8. The zero-order valence-corrected chi connectivity index (χ0v) is 10.4. The van der Waals surface area contributed by atoms with Gasteiger partial charge in [-0.25, -0.2) is 4.98 Å². The molecule has 0 saturated heterocycles. The van der Waals surface area contributed by atoms with Gasteiger partial charge in [-0.3, -0.25) is 0 Å². The first-order valence-electron chi connectivity index (χ1n) is 5.77. The largest absolute Gasteiger partial charge is 0.368 e. The number of hydrogen-bond acceptors (Lipinski definition) is 4. The Morgan fingerprint density at radius 1 is 1.47 bits per heavy atom. The molecular weight excluding hydrogens is 238 g/mol. The van der Waals surface area contributed by atoms with E-state index in [0.29, 0.717) is 11.1 Å². The number of imidazole rings is 1. The van der Waals surface area contributed by atoms with Gasteiger partial charge in [-0.1, -0.05) is 13.3 Å². The maximum absolute atomic E-state index is 5.86. The number of aromatic amines is 1. The zero-order valence-electron chi connectivity index (χ0n) is 9.63. The van der Waals surface area contributed by atoms with E-state index in [9.17, 15) is 0 Å². The third kappa shape index (κ3) is 1.95. The number of H-pyrrole nitrogens is 1. The fraction of sp³-hybridized carbons (Fsp3) is 0.545. The number of aromatic nitrogens is 4. The lowest BCUT2D eigenvalue weighted by Gasteiger charge is -2.38. The Morgan fingerprint density at radius 2 is 2.29 bits per heavy atom. The Labute approximate surface area is 104 Å². The topological polar surface area (TPSA) is 66.5 Å². The highest BCUT2D eigenvalue weighted by molar-refractivity contribution is 6.28. The van der Waals surface area contributed by atoms with E-state index in [2.05, 4.69) is 32.2 Å². The molecule has 0 unspecified atom stereocenters. The van der Waals surface area contributed by atoms with Crippen molar-refractivity contribution in [1.29, 1.82) is 0 Å². The molecule has 1 saturated carbocycles. The van der Waals surface area contributed by atoms with Crippen LogP contribution >= 0.6 is 11.6 Å². The number of fused-ring (bicyclic) bond motifs is 1. The lowest BCUT2D eigenvalue weighted by molar-refractivity contribution is 0.180. The van der Waals surface area contributed by atoms with Crippen molar-refractivity contribution in [2.75, 3.05) is 11.9 Å². The van der Waals surface area contributed by atoms with Crippen molar-refractivity contribution < 1.29 is 0 Å². The number of rotatable bonds is 3. The zero-order chi connectivity index (χ0) is 11.9. The molecule has 0 spiro atoms. The second-order valence-corrected chi connectivity index (χ2v) is 5.30. The molecule has 1 fully saturated rings. The normalized spacial score (nSPS) is 18.0. The van der Waals surface area contributed by atoms with Gasteiger partial charge in [-0.2, -0.15) is 9.97 Å². The van der Waals surface area contributed by atoms with Crippen molar-refractivity contribution >= 4 is 28.6 Å². The molecule has 17 heavy (non-hydrogen) atoms. The van der Waals surface area contributed by atoms with Gasteiger partial charge >= 0.3 is 0 Å². The Balaban J connectivity index is 1.86. The average Bonchev–Trinajstić information content (AvgIpc) is 2.71. The molecule has 0 aromatic carbocycles. The number of hydrogen-bond donors (Lipinski definition) is 2. The van der Waals surface area contributed by atoms with E-state index in [1.807, 2.05) is 0 Å². The highest BCUT2D eigenvalue weighted by Gasteiger charge is 2.31. The Morgan fingerprint density at radius 3 is 3.00 bits per heavy atom.